The first-order valence-electron chi connectivity index (χ1n) is 11.9. The maximum atomic E-state index is 12.9. The van der Waals surface area contributed by atoms with Gasteiger partial charge in [0.05, 0.1) is 20.6 Å². The maximum Gasteiger partial charge on any atom is 0.412 e. The summed E-state index contributed by atoms with van der Waals surface area (Å²) in [7, 11) is 3.04. The number of rotatable bonds is 11. The minimum Gasteiger partial charge on any atom is -0.493 e. The molecule has 12 nitrogen and oxygen atoms in total. The fourth-order valence-electron chi connectivity index (χ4n) is 3.68. The molecule has 38 heavy (non-hydrogen) atoms. The first-order chi connectivity index (χ1) is 18.2. The summed E-state index contributed by atoms with van der Waals surface area (Å²) in [6.07, 6.45) is -0.0351. The molecule has 0 fully saturated rings. The molecular formula is C26H32N6O6. The minimum atomic E-state index is -0.718. The summed E-state index contributed by atoms with van der Waals surface area (Å²) in [5, 5.41) is 32.7. The highest BCUT2D eigenvalue weighted by Crippen LogP contribution is 2.27. The van der Waals surface area contributed by atoms with Crippen LogP contribution in [-0.2, 0) is 22.6 Å². The molecule has 0 aliphatic rings. The molecule has 3 aromatic rings. The first kappa shape index (κ1) is 28.0. The van der Waals surface area contributed by atoms with Crippen molar-refractivity contribution in [3.05, 3.63) is 53.6 Å². The molecule has 0 radical (unpaired) electrons. The molecule has 0 saturated heterocycles. The molecule has 0 aliphatic heterocycles. The van der Waals surface area contributed by atoms with Gasteiger partial charge in [-0.3, -0.25) is 20.3 Å². The fraction of sp³-hybridized carbons (Fsp3) is 0.346. The van der Waals surface area contributed by atoms with Crippen molar-refractivity contribution in [1.82, 2.24) is 26.1 Å². The summed E-state index contributed by atoms with van der Waals surface area (Å²) in [6.45, 7) is 4.19. The van der Waals surface area contributed by atoms with Gasteiger partial charge in [-0.15, -0.1) is 5.10 Å². The van der Waals surface area contributed by atoms with Crippen molar-refractivity contribution in [2.45, 2.75) is 39.3 Å². The van der Waals surface area contributed by atoms with Crippen molar-refractivity contribution < 1.29 is 28.6 Å². The van der Waals surface area contributed by atoms with Crippen LogP contribution in [0.2, 0.25) is 0 Å². The van der Waals surface area contributed by atoms with Crippen LogP contribution >= 0.6 is 0 Å². The molecular weight excluding hydrogens is 492 g/mol. The molecule has 0 aliphatic carbocycles. The van der Waals surface area contributed by atoms with Crippen LogP contribution in [0.15, 0.2) is 46.9 Å². The lowest BCUT2D eigenvalue weighted by Crippen LogP contribution is -2.52. The van der Waals surface area contributed by atoms with Gasteiger partial charge in [0.15, 0.2) is 17.5 Å². The summed E-state index contributed by atoms with van der Waals surface area (Å²) in [4.78, 5) is 25.4. The third-order valence-electron chi connectivity index (χ3n) is 5.50. The van der Waals surface area contributed by atoms with Crippen LogP contribution in [0, 0.1) is 11.3 Å². The zero-order valence-corrected chi connectivity index (χ0v) is 21.7. The summed E-state index contributed by atoms with van der Waals surface area (Å²) < 4.78 is 15.5. The Labute approximate surface area is 220 Å². The predicted octanol–water partition coefficient (Wildman–Crippen LogP) is 2.37. The smallest absolute Gasteiger partial charge is 0.412 e. The highest BCUT2D eigenvalue weighted by atomic mass is 16.5. The molecule has 202 valence electrons. The van der Waals surface area contributed by atoms with Crippen LogP contribution in [0.4, 0.5) is 0 Å². The highest BCUT2D eigenvalue weighted by Gasteiger charge is 2.21. The van der Waals surface area contributed by atoms with Crippen molar-refractivity contribution >= 4 is 17.8 Å². The Morgan fingerprint density at radius 1 is 1.03 bits per heavy atom. The molecule has 0 saturated carbocycles. The van der Waals surface area contributed by atoms with Gasteiger partial charge >= 0.3 is 6.08 Å². The van der Waals surface area contributed by atoms with Crippen LogP contribution in [0.5, 0.6) is 17.6 Å². The number of nitrogens with one attached hydrogen (secondary N) is 4. The zero-order valence-electron chi connectivity index (χ0n) is 21.7. The molecule has 2 aromatic carbocycles. The molecule has 5 N–H and O–H groups in total. The van der Waals surface area contributed by atoms with E-state index in [2.05, 4.69) is 26.1 Å². The van der Waals surface area contributed by atoms with Gasteiger partial charge in [-0.25, -0.2) is 0 Å². The maximum absolute atomic E-state index is 12.9. The van der Waals surface area contributed by atoms with E-state index in [1.807, 2.05) is 13.8 Å². The molecule has 0 bridgehead atoms. The summed E-state index contributed by atoms with van der Waals surface area (Å²) in [5.41, 5.74) is 2.14. The van der Waals surface area contributed by atoms with Crippen LogP contribution in [0.3, 0.4) is 0 Å². The molecule has 2 amide bonds. The van der Waals surface area contributed by atoms with Gasteiger partial charge < -0.3 is 29.6 Å². The third-order valence-corrected chi connectivity index (χ3v) is 5.50. The average molecular weight is 525 g/mol. The quantitative estimate of drug-likeness (QED) is 0.186. The fourth-order valence-corrected chi connectivity index (χ4v) is 3.68. The number of amides is 2. The highest BCUT2D eigenvalue weighted by molar-refractivity contribution is 5.98. The first-order valence-corrected chi connectivity index (χ1v) is 11.9. The van der Waals surface area contributed by atoms with Gasteiger partial charge in [-0.05, 0) is 47.7 Å². The van der Waals surface area contributed by atoms with Crippen molar-refractivity contribution in [3.8, 4) is 29.0 Å². The van der Waals surface area contributed by atoms with E-state index >= 15 is 0 Å². The largest absolute Gasteiger partial charge is 0.493 e. The van der Waals surface area contributed by atoms with Crippen molar-refractivity contribution in [2.24, 2.45) is 5.92 Å². The molecule has 1 atom stereocenters. The van der Waals surface area contributed by atoms with Gasteiger partial charge in [0.25, 0.3) is 5.89 Å². The molecule has 1 heterocycles. The van der Waals surface area contributed by atoms with Crippen LogP contribution in [0.1, 0.15) is 31.4 Å². The van der Waals surface area contributed by atoms with E-state index in [4.69, 9.17) is 19.3 Å². The number of benzene rings is 2. The Balaban J connectivity index is 1.54. The number of aromatic nitrogens is 2. The number of guanidine groups is 1. The number of nitrogens with zero attached hydrogens (tertiary/aromatic N) is 2. The van der Waals surface area contributed by atoms with Gasteiger partial charge in [-0.1, -0.05) is 37.1 Å². The Morgan fingerprint density at radius 3 is 2.32 bits per heavy atom. The Hall–Kier alpha value is -4.61. The summed E-state index contributed by atoms with van der Waals surface area (Å²) >= 11 is 0. The number of hydrogen-bond acceptors (Lipinski definition) is 9. The van der Waals surface area contributed by atoms with E-state index in [1.165, 1.54) is 14.2 Å². The molecule has 0 spiro atoms. The second-order valence-electron chi connectivity index (χ2n) is 8.92. The minimum absolute atomic E-state index is 0.0185. The van der Waals surface area contributed by atoms with Gasteiger partial charge in [0, 0.05) is 12.1 Å². The normalized spacial score (nSPS) is 11.5. The van der Waals surface area contributed by atoms with Gasteiger partial charge in [0.2, 0.25) is 11.8 Å². The lowest BCUT2D eigenvalue weighted by atomic mass is 10.0. The average Bonchev–Trinajstić information content (AvgIpc) is 3.32. The van der Waals surface area contributed by atoms with E-state index in [9.17, 15) is 14.7 Å². The third kappa shape index (κ3) is 7.95. The van der Waals surface area contributed by atoms with Gasteiger partial charge in [0.1, 0.15) is 6.04 Å². The van der Waals surface area contributed by atoms with Crippen molar-refractivity contribution in [1.29, 1.82) is 5.41 Å². The number of ether oxygens (including phenoxy) is 2. The van der Waals surface area contributed by atoms with Crippen LogP contribution < -0.4 is 25.4 Å². The van der Waals surface area contributed by atoms with Gasteiger partial charge in [-0.2, -0.15) is 0 Å². The topological polar surface area (TPSA) is 172 Å². The lowest BCUT2D eigenvalue weighted by Gasteiger charge is -2.21. The standard InChI is InChI=1S/C26H32N6O6/c1-15(2)11-19(23(34)28-14-16-5-8-18(9-6-16)24-31-32-26(35)38-24)29-25(27)30-22(33)13-17-7-10-20(36-3)21(12-17)37-4/h5-10,12,15,19H,11,13-14H2,1-4H3,(H,28,34)(H,32,35)(H3,27,29,30,33)/t19-/m1/s1. The van der Waals surface area contributed by atoms with E-state index in [-0.39, 0.29) is 36.6 Å². The zero-order chi connectivity index (χ0) is 27.7. The summed E-state index contributed by atoms with van der Waals surface area (Å²) in [6, 6.07) is 11.5. The molecule has 3 rings (SSSR count). The Morgan fingerprint density at radius 2 is 1.71 bits per heavy atom. The second kappa shape index (κ2) is 13.1. The molecule has 0 unspecified atom stereocenters. The summed E-state index contributed by atoms with van der Waals surface area (Å²) in [5.74, 6) is 0.435. The van der Waals surface area contributed by atoms with Crippen molar-refractivity contribution in [2.75, 3.05) is 14.2 Å². The number of aromatic hydroxyl groups is 1. The number of hydrogen-bond donors (Lipinski definition) is 5. The van der Waals surface area contributed by atoms with Crippen LogP contribution in [0.25, 0.3) is 11.5 Å². The lowest BCUT2D eigenvalue weighted by molar-refractivity contribution is -0.123. The SMILES string of the molecule is COc1ccc(CC(=O)NC(=N)N[C@H](CC(C)C)C(=O)NCc2ccc(-c3nnc(O)o3)cc2)cc1OC. The number of carbonyl (C=O) groups is 2. The number of methoxy groups -OCH3 is 2. The molecule has 12 heteroatoms. The van der Waals surface area contributed by atoms with E-state index in [1.54, 1.807) is 42.5 Å². The second-order valence-corrected chi connectivity index (χ2v) is 8.92. The van der Waals surface area contributed by atoms with Crippen LogP contribution in [-0.4, -0.2) is 53.3 Å². The van der Waals surface area contributed by atoms with E-state index < -0.39 is 18.0 Å². The molecule has 1 aromatic heterocycles. The number of carbonyl (C=O) groups excluding carboxylic acids is 2. The van der Waals surface area contributed by atoms with E-state index in [0.29, 0.717) is 29.0 Å². The Kier molecular flexibility index (Phi) is 9.63. The van der Waals surface area contributed by atoms with Crippen molar-refractivity contribution in [3.63, 3.8) is 0 Å². The Bertz CT molecular complexity index is 1260. The monoisotopic (exact) mass is 524 g/mol. The predicted molar refractivity (Wildman–Crippen MR) is 139 cm³/mol. The van der Waals surface area contributed by atoms with E-state index in [0.717, 1.165) is 5.56 Å².